The molecule has 0 saturated carbocycles. The zero-order valence-corrected chi connectivity index (χ0v) is 16.2. The van der Waals surface area contributed by atoms with Crippen LogP contribution in [0.1, 0.15) is 28.9 Å². The van der Waals surface area contributed by atoms with Gasteiger partial charge in [-0.15, -0.1) is 0 Å². The highest BCUT2D eigenvalue weighted by Crippen LogP contribution is 2.23. The molecule has 140 valence electrons. The molecule has 0 bridgehead atoms. The summed E-state index contributed by atoms with van der Waals surface area (Å²) in [6.45, 7) is 3.10. The van der Waals surface area contributed by atoms with E-state index < -0.39 is 0 Å². The molecule has 25 heavy (non-hydrogen) atoms. The first kappa shape index (κ1) is 19.8. The van der Waals surface area contributed by atoms with Gasteiger partial charge in [0.2, 0.25) is 0 Å². The maximum atomic E-state index is 11.9. The number of rotatable bonds is 8. The van der Waals surface area contributed by atoms with Gasteiger partial charge in [-0.3, -0.25) is 9.78 Å². The smallest absolute Gasteiger partial charge is 0.254 e. The van der Waals surface area contributed by atoms with Gasteiger partial charge >= 0.3 is 0 Å². The number of hydrogen-bond acceptors (Lipinski definition) is 5. The Kier molecular flexibility index (Phi) is 7.35. The van der Waals surface area contributed by atoms with E-state index in [1.807, 2.05) is 12.1 Å². The van der Waals surface area contributed by atoms with E-state index in [0.717, 1.165) is 44.6 Å². The highest BCUT2D eigenvalue weighted by Gasteiger charge is 2.26. The molecule has 2 atom stereocenters. The van der Waals surface area contributed by atoms with Crippen LogP contribution in [0.15, 0.2) is 18.3 Å². The number of aromatic nitrogens is 1. The second-order valence-corrected chi connectivity index (χ2v) is 7.46. The van der Waals surface area contributed by atoms with E-state index >= 15 is 0 Å². The van der Waals surface area contributed by atoms with Gasteiger partial charge in [-0.2, -0.15) is 0 Å². The lowest BCUT2D eigenvalue weighted by molar-refractivity contribution is 0.0267. The third-order valence-electron chi connectivity index (χ3n) is 4.55. The van der Waals surface area contributed by atoms with Crippen molar-refractivity contribution in [3.05, 3.63) is 29.6 Å². The van der Waals surface area contributed by atoms with Gasteiger partial charge in [0.25, 0.3) is 5.91 Å². The predicted octanol–water partition coefficient (Wildman–Crippen LogP) is 1.37. The Morgan fingerprint density at radius 1 is 1.12 bits per heavy atom. The SMILES string of the molecule is CN(C)CCN(C)C[C@H]1CC[C@@H](Cc2ccc(C(=O)N(C)C)cn2)O1. The number of carbonyl (C=O) groups excluding carboxylic acids is 1. The first-order valence-corrected chi connectivity index (χ1v) is 9.00. The Balaban J connectivity index is 1.78. The summed E-state index contributed by atoms with van der Waals surface area (Å²) in [4.78, 5) is 22.4. The molecular weight excluding hydrogens is 316 g/mol. The molecule has 6 nitrogen and oxygen atoms in total. The highest BCUT2D eigenvalue weighted by atomic mass is 16.5. The number of nitrogens with zero attached hydrogens (tertiary/aromatic N) is 4. The van der Waals surface area contributed by atoms with Gasteiger partial charge in [-0.1, -0.05) is 0 Å². The van der Waals surface area contributed by atoms with Crippen molar-refractivity contribution >= 4 is 5.91 Å². The monoisotopic (exact) mass is 348 g/mol. The molecule has 2 heterocycles. The lowest BCUT2D eigenvalue weighted by Gasteiger charge is -2.23. The Bertz CT molecular complexity index is 545. The molecule has 1 aliphatic rings. The van der Waals surface area contributed by atoms with Crippen LogP contribution in [0.5, 0.6) is 0 Å². The summed E-state index contributed by atoms with van der Waals surface area (Å²) in [6.07, 6.45) is 5.20. The van der Waals surface area contributed by atoms with Gasteiger partial charge in [0.05, 0.1) is 17.8 Å². The van der Waals surface area contributed by atoms with E-state index in [1.54, 1.807) is 25.2 Å². The topological polar surface area (TPSA) is 48.9 Å². The van der Waals surface area contributed by atoms with Gasteiger partial charge in [-0.25, -0.2) is 0 Å². The molecule has 0 aliphatic carbocycles. The third-order valence-corrected chi connectivity index (χ3v) is 4.55. The number of amides is 1. The van der Waals surface area contributed by atoms with E-state index in [-0.39, 0.29) is 12.0 Å². The first-order valence-electron chi connectivity index (χ1n) is 9.00. The lowest BCUT2D eigenvalue weighted by atomic mass is 10.1. The van der Waals surface area contributed by atoms with Crippen molar-refractivity contribution in [1.82, 2.24) is 19.7 Å². The predicted molar refractivity (Wildman–Crippen MR) is 99.9 cm³/mol. The summed E-state index contributed by atoms with van der Waals surface area (Å²) >= 11 is 0. The molecule has 0 N–H and O–H groups in total. The van der Waals surface area contributed by atoms with Crippen LogP contribution in [0.25, 0.3) is 0 Å². The highest BCUT2D eigenvalue weighted by molar-refractivity contribution is 5.93. The zero-order chi connectivity index (χ0) is 18.4. The Morgan fingerprint density at radius 3 is 2.44 bits per heavy atom. The van der Waals surface area contributed by atoms with Crippen LogP contribution >= 0.6 is 0 Å². The standard InChI is InChI=1S/C19H32N4O2/c1-21(2)10-11-23(5)14-18-9-8-17(25-18)12-16-7-6-15(13-20-16)19(24)22(3)4/h6-7,13,17-18H,8-12,14H2,1-5H3/t17-,18+/m0/s1. The van der Waals surface area contributed by atoms with Crippen molar-refractivity contribution in [3.63, 3.8) is 0 Å². The molecule has 0 aromatic carbocycles. The second kappa shape index (κ2) is 9.27. The molecule has 1 aromatic rings. The van der Waals surface area contributed by atoms with Crippen molar-refractivity contribution in [2.24, 2.45) is 0 Å². The minimum Gasteiger partial charge on any atom is -0.373 e. The quantitative estimate of drug-likeness (QED) is 0.710. The van der Waals surface area contributed by atoms with Gasteiger partial charge in [0, 0.05) is 52.0 Å². The summed E-state index contributed by atoms with van der Waals surface area (Å²) < 4.78 is 6.19. The van der Waals surface area contributed by atoms with Gasteiger partial charge in [-0.05, 0) is 46.1 Å². The average Bonchev–Trinajstić information content (AvgIpc) is 2.99. The van der Waals surface area contributed by atoms with Crippen molar-refractivity contribution < 1.29 is 9.53 Å². The number of carbonyl (C=O) groups is 1. The molecule has 0 unspecified atom stereocenters. The van der Waals surface area contributed by atoms with Gasteiger partial charge in [0.15, 0.2) is 0 Å². The van der Waals surface area contributed by atoms with Crippen molar-refractivity contribution in [2.75, 3.05) is 54.9 Å². The summed E-state index contributed by atoms with van der Waals surface area (Å²) in [5.41, 5.74) is 1.61. The van der Waals surface area contributed by atoms with Gasteiger partial charge in [0.1, 0.15) is 0 Å². The zero-order valence-electron chi connectivity index (χ0n) is 16.2. The molecule has 0 radical (unpaired) electrons. The van der Waals surface area contributed by atoms with E-state index in [0.29, 0.717) is 11.7 Å². The molecule has 1 aliphatic heterocycles. The largest absolute Gasteiger partial charge is 0.373 e. The number of likely N-dealkylation sites (N-methyl/N-ethyl adjacent to an activating group) is 2. The lowest BCUT2D eigenvalue weighted by Crippen LogP contribution is -2.34. The van der Waals surface area contributed by atoms with Crippen LogP contribution in [0.4, 0.5) is 0 Å². The molecule has 1 fully saturated rings. The first-order chi connectivity index (χ1) is 11.8. The van der Waals surface area contributed by atoms with E-state index in [1.165, 1.54) is 0 Å². The van der Waals surface area contributed by atoms with Crippen molar-refractivity contribution in [3.8, 4) is 0 Å². The van der Waals surface area contributed by atoms with Crippen LogP contribution in [-0.2, 0) is 11.2 Å². The average molecular weight is 348 g/mol. The minimum absolute atomic E-state index is 0.0167. The molecule has 1 saturated heterocycles. The maximum Gasteiger partial charge on any atom is 0.254 e. The van der Waals surface area contributed by atoms with Crippen LogP contribution in [-0.4, -0.2) is 92.7 Å². The number of hydrogen-bond donors (Lipinski definition) is 0. The van der Waals surface area contributed by atoms with E-state index in [9.17, 15) is 4.79 Å². The second-order valence-electron chi connectivity index (χ2n) is 7.46. The maximum absolute atomic E-state index is 11.9. The Morgan fingerprint density at radius 2 is 1.84 bits per heavy atom. The normalized spacial score (nSPS) is 20.4. The van der Waals surface area contributed by atoms with Crippen molar-refractivity contribution in [1.29, 1.82) is 0 Å². The molecule has 1 amide bonds. The fourth-order valence-corrected chi connectivity index (χ4v) is 3.04. The van der Waals surface area contributed by atoms with Crippen LogP contribution in [0.2, 0.25) is 0 Å². The summed E-state index contributed by atoms with van der Waals surface area (Å²) in [5, 5.41) is 0. The van der Waals surface area contributed by atoms with Gasteiger partial charge < -0.3 is 19.4 Å². The fraction of sp³-hybridized carbons (Fsp3) is 0.684. The van der Waals surface area contributed by atoms with Crippen LogP contribution in [0.3, 0.4) is 0 Å². The van der Waals surface area contributed by atoms with E-state index in [2.05, 4.69) is 35.9 Å². The van der Waals surface area contributed by atoms with Crippen LogP contribution < -0.4 is 0 Å². The molecule has 6 heteroatoms. The summed E-state index contributed by atoms with van der Waals surface area (Å²) in [7, 11) is 9.85. The minimum atomic E-state index is -0.0167. The fourth-order valence-electron chi connectivity index (χ4n) is 3.04. The van der Waals surface area contributed by atoms with Crippen LogP contribution in [0, 0.1) is 0 Å². The number of pyridine rings is 1. The molecule has 2 rings (SSSR count). The third kappa shape index (κ3) is 6.38. The molecule has 1 aromatic heterocycles. The number of ether oxygens (including phenoxy) is 1. The van der Waals surface area contributed by atoms with E-state index in [4.69, 9.17) is 4.74 Å². The summed E-state index contributed by atoms with van der Waals surface area (Å²) in [5.74, 6) is -0.0167. The molecule has 0 spiro atoms. The Labute approximate surface area is 151 Å². The summed E-state index contributed by atoms with van der Waals surface area (Å²) in [6, 6.07) is 3.79. The Hall–Kier alpha value is -1.50. The molecular formula is C19H32N4O2. The van der Waals surface area contributed by atoms with Crippen molar-refractivity contribution in [2.45, 2.75) is 31.5 Å².